The smallest absolute Gasteiger partial charge is 0.317 e. The second-order valence-corrected chi connectivity index (χ2v) is 6.28. The van der Waals surface area contributed by atoms with Gasteiger partial charge in [-0.2, -0.15) is 0 Å². The van der Waals surface area contributed by atoms with Crippen LogP contribution in [0.5, 0.6) is 0 Å². The summed E-state index contributed by atoms with van der Waals surface area (Å²) < 4.78 is 0. The van der Waals surface area contributed by atoms with E-state index in [0.29, 0.717) is 0 Å². The number of piperazine rings is 1. The average molecular weight is 324 g/mol. The molecule has 1 aromatic carbocycles. The van der Waals surface area contributed by atoms with Gasteiger partial charge in [0, 0.05) is 43.4 Å². The summed E-state index contributed by atoms with van der Waals surface area (Å²) in [7, 11) is 0. The van der Waals surface area contributed by atoms with Gasteiger partial charge in [-0.25, -0.2) is 4.79 Å². The number of anilines is 1. The molecule has 1 aliphatic heterocycles. The number of nitrogens with one attached hydrogen (secondary N) is 1. The van der Waals surface area contributed by atoms with Crippen molar-refractivity contribution in [2.75, 3.05) is 37.6 Å². The third-order valence-corrected chi connectivity index (χ3v) is 4.36. The zero-order valence-corrected chi connectivity index (χ0v) is 14.3. The molecule has 0 radical (unpaired) electrons. The SMILES string of the molecule is CCCCCNC(=O)N1CCN(c2ccc(Cl)cc2C)CC1. The van der Waals surface area contributed by atoms with Crippen molar-refractivity contribution in [2.45, 2.75) is 33.1 Å². The van der Waals surface area contributed by atoms with Crippen molar-refractivity contribution in [3.05, 3.63) is 28.8 Å². The first-order chi connectivity index (χ1) is 10.6. The number of hydrogen-bond donors (Lipinski definition) is 1. The van der Waals surface area contributed by atoms with Crippen molar-refractivity contribution in [2.24, 2.45) is 0 Å². The number of amides is 2. The van der Waals surface area contributed by atoms with Crippen LogP contribution in [-0.4, -0.2) is 43.7 Å². The van der Waals surface area contributed by atoms with E-state index in [4.69, 9.17) is 11.6 Å². The van der Waals surface area contributed by atoms with Gasteiger partial charge < -0.3 is 15.1 Å². The Kier molecular flexibility index (Phi) is 6.37. The minimum absolute atomic E-state index is 0.0728. The van der Waals surface area contributed by atoms with Gasteiger partial charge in [0.05, 0.1) is 0 Å². The Hall–Kier alpha value is -1.42. The lowest BCUT2D eigenvalue weighted by Crippen LogP contribution is -2.52. The molecule has 1 heterocycles. The standard InChI is InChI=1S/C17H26ClN3O/c1-3-4-5-8-19-17(22)21-11-9-20(10-12-21)16-7-6-15(18)13-14(16)2/h6-7,13H,3-5,8-12H2,1-2H3,(H,19,22). The van der Waals surface area contributed by atoms with Crippen molar-refractivity contribution in [1.82, 2.24) is 10.2 Å². The lowest BCUT2D eigenvalue weighted by molar-refractivity contribution is 0.194. The first-order valence-corrected chi connectivity index (χ1v) is 8.53. The van der Waals surface area contributed by atoms with Gasteiger partial charge in [0.25, 0.3) is 0 Å². The molecule has 1 aliphatic rings. The highest BCUT2D eigenvalue weighted by Gasteiger charge is 2.21. The summed E-state index contributed by atoms with van der Waals surface area (Å²) in [6.45, 7) is 8.29. The lowest BCUT2D eigenvalue weighted by atomic mass is 10.1. The first kappa shape index (κ1) is 16.9. The molecule has 0 spiro atoms. The summed E-state index contributed by atoms with van der Waals surface area (Å²) in [4.78, 5) is 16.3. The summed E-state index contributed by atoms with van der Waals surface area (Å²) in [6.07, 6.45) is 3.41. The molecule has 0 unspecified atom stereocenters. The van der Waals surface area contributed by atoms with Gasteiger partial charge in [-0.05, 0) is 37.1 Å². The van der Waals surface area contributed by atoms with Crippen LogP contribution < -0.4 is 10.2 Å². The molecule has 0 aliphatic carbocycles. The fourth-order valence-corrected chi connectivity index (χ4v) is 3.03. The van der Waals surface area contributed by atoms with Crippen molar-refractivity contribution in [3.63, 3.8) is 0 Å². The zero-order chi connectivity index (χ0) is 15.9. The van der Waals surface area contributed by atoms with E-state index in [1.807, 2.05) is 17.0 Å². The van der Waals surface area contributed by atoms with E-state index in [-0.39, 0.29) is 6.03 Å². The number of nitrogens with zero attached hydrogens (tertiary/aromatic N) is 2. The van der Waals surface area contributed by atoms with Crippen LogP contribution in [0.1, 0.15) is 31.7 Å². The van der Waals surface area contributed by atoms with Gasteiger partial charge >= 0.3 is 6.03 Å². The van der Waals surface area contributed by atoms with Crippen LogP contribution in [-0.2, 0) is 0 Å². The van der Waals surface area contributed by atoms with E-state index in [2.05, 4.69) is 30.1 Å². The summed E-state index contributed by atoms with van der Waals surface area (Å²) in [5.41, 5.74) is 2.40. The third-order valence-electron chi connectivity index (χ3n) is 4.12. The van der Waals surface area contributed by atoms with Crippen molar-refractivity contribution < 1.29 is 4.79 Å². The summed E-state index contributed by atoms with van der Waals surface area (Å²) in [6, 6.07) is 6.06. The zero-order valence-electron chi connectivity index (χ0n) is 13.6. The van der Waals surface area contributed by atoms with E-state index in [9.17, 15) is 4.79 Å². The van der Waals surface area contributed by atoms with E-state index in [1.165, 1.54) is 24.1 Å². The monoisotopic (exact) mass is 323 g/mol. The quantitative estimate of drug-likeness (QED) is 0.839. The molecule has 2 amide bonds. The summed E-state index contributed by atoms with van der Waals surface area (Å²) >= 11 is 6.01. The highest BCUT2D eigenvalue weighted by molar-refractivity contribution is 6.30. The van der Waals surface area contributed by atoms with E-state index >= 15 is 0 Å². The van der Waals surface area contributed by atoms with Crippen LogP contribution in [0, 0.1) is 6.92 Å². The van der Waals surface area contributed by atoms with Crippen LogP contribution in [0.3, 0.4) is 0 Å². The predicted molar refractivity (Wildman–Crippen MR) is 92.9 cm³/mol. The van der Waals surface area contributed by atoms with Crippen LogP contribution >= 0.6 is 11.6 Å². The maximum atomic E-state index is 12.1. The minimum atomic E-state index is 0.0728. The molecule has 1 fully saturated rings. The molecule has 1 saturated heterocycles. The molecule has 5 heteroatoms. The normalized spacial score (nSPS) is 15.0. The molecule has 122 valence electrons. The summed E-state index contributed by atoms with van der Waals surface area (Å²) in [5.74, 6) is 0. The number of halogens is 1. The summed E-state index contributed by atoms with van der Waals surface area (Å²) in [5, 5.41) is 3.78. The second kappa shape index (κ2) is 8.28. The number of carbonyl (C=O) groups is 1. The fourth-order valence-electron chi connectivity index (χ4n) is 2.81. The Morgan fingerprint density at radius 3 is 2.59 bits per heavy atom. The van der Waals surface area contributed by atoms with Crippen molar-refractivity contribution >= 4 is 23.3 Å². The Morgan fingerprint density at radius 1 is 1.23 bits per heavy atom. The topological polar surface area (TPSA) is 35.6 Å². The minimum Gasteiger partial charge on any atom is -0.368 e. The van der Waals surface area contributed by atoms with Gasteiger partial charge in [0.1, 0.15) is 0 Å². The first-order valence-electron chi connectivity index (χ1n) is 8.15. The number of benzene rings is 1. The lowest BCUT2D eigenvalue weighted by Gasteiger charge is -2.36. The molecule has 1 aromatic rings. The Balaban J connectivity index is 1.81. The molecule has 2 rings (SSSR count). The fraction of sp³-hybridized carbons (Fsp3) is 0.588. The Morgan fingerprint density at radius 2 is 1.95 bits per heavy atom. The molecule has 0 aromatic heterocycles. The molecule has 0 bridgehead atoms. The molecular formula is C17H26ClN3O. The van der Waals surface area contributed by atoms with Crippen LogP contribution in [0.2, 0.25) is 5.02 Å². The van der Waals surface area contributed by atoms with Gasteiger partial charge in [-0.15, -0.1) is 0 Å². The third kappa shape index (κ3) is 4.54. The van der Waals surface area contributed by atoms with Crippen molar-refractivity contribution in [1.29, 1.82) is 0 Å². The van der Waals surface area contributed by atoms with Crippen LogP contribution in [0.4, 0.5) is 10.5 Å². The number of urea groups is 1. The maximum Gasteiger partial charge on any atom is 0.317 e. The number of unbranched alkanes of at least 4 members (excludes halogenated alkanes) is 2. The van der Waals surface area contributed by atoms with Gasteiger partial charge in [0.2, 0.25) is 0 Å². The molecule has 0 atom stereocenters. The van der Waals surface area contributed by atoms with Crippen LogP contribution in [0.15, 0.2) is 18.2 Å². The van der Waals surface area contributed by atoms with Gasteiger partial charge in [-0.1, -0.05) is 31.4 Å². The van der Waals surface area contributed by atoms with Gasteiger partial charge in [0.15, 0.2) is 0 Å². The number of aryl methyl sites for hydroxylation is 1. The maximum absolute atomic E-state index is 12.1. The van der Waals surface area contributed by atoms with Crippen molar-refractivity contribution in [3.8, 4) is 0 Å². The van der Waals surface area contributed by atoms with E-state index in [0.717, 1.165) is 44.2 Å². The van der Waals surface area contributed by atoms with E-state index in [1.54, 1.807) is 0 Å². The second-order valence-electron chi connectivity index (χ2n) is 5.84. The van der Waals surface area contributed by atoms with Gasteiger partial charge in [-0.3, -0.25) is 0 Å². The van der Waals surface area contributed by atoms with E-state index < -0.39 is 0 Å². The number of rotatable bonds is 5. The Labute approximate surface area is 138 Å². The van der Waals surface area contributed by atoms with Crippen LogP contribution in [0.25, 0.3) is 0 Å². The molecule has 1 N–H and O–H groups in total. The Bertz CT molecular complexity index is 499. The molecule has 0 saturated carbocycles. The molecule has 4 nitrogen and oxygen atoms in total. The highest BCUT2D eigenvalue weighted by atomic mass is 35.5. The molecular weight excluding hydrogens is 298 g/mol. The largest absolute Gasteiger partial charge is 0.368 e. The highest BCUT2D eigenvalue weighted by Crippen LogP contribution is 2.24. The predicted octanol–water partition coefficient (Wildman–Crippen LogP) is 3.67. The number of hydrogen-bond acceptors (Lipinski definition) is 2. The average Bonchev–Trinajstić information content (AvgIpc) is 2.52. The molecule has 22 heavy (non-hydrogen) atoms. The number of carbonyl (C=O) groups excluding carboxylic acids is 1.